The second kappa shape index (κ2) is 5.55. The molecule has 2 aromatic rings. The van der Waals surface area contributed by atoms with E-state index in [9.17, 15) is 4.39 Å². The van der Waals surface area contributed by atoms with Crippen molar-refractivity contribution in [3.05, 3.63) is 52.2 Å². The van der Waals surface area contributed by atoms with Gasteiger partial charge in [0, 0.05) is 22.3 Å². The molecule has 0 aliphatic heterocycles. The van der Waals surface area contributed by atoms with E-state index in [4.69, 9.17) is 0 Å². The topological polar surface area (TPSA) is 12.9 Å². The monoisotopic (exact) mass is 299 g/mol. The zero-order valence-corrected chi connectivity index (χ0v) is 11.0. The molecule has 1 aromatic carbocycles. The number of rotatable bonds is 4. The van der Waals surface area contributed by atoms with Gasteiger partial charge in [0.15, 0.2) is 0 Å². The third-order valence-electron chi connectivity index (χ3n) is 2.46. The van der Waals surface area contributed by atoms with E-state index in [0.29, 0.717) is 0 Å². The normalized spacial score (nSPS) is 12.6. The summed E-state index contributed by atoms with van der Waals surface area (Å²) in [4.78, 5) is 5.22. The lowest BCUT2D eigenvalue weighted by molar-refractivity contribution is 0.591. The third-order valence-corrected chi connectivity index (χ3v) is 4.05. The SMILES string of the molecule is Fc1ccccc1C(CBr)Cc1cncs1. The maximum absolute atomic E-state index is 13.6. The molecular formula is C12H11BrFNS. The Bertz CT molecular complexity index is 444. The Balaban J connectivity index is 2.20. The van der Waals surface area contributed by atoms with Crippen molar-refractivity contribution in [3.63, 3.8) is 0 Å². The molecule has 1 heterocycles. The van der Waals surface area contributed by atoms with Gasteiger partial charge < -0.3 is 0 Å². The van der Waals surface area contributed by atoms with Gasteiger partial charge in [-0.25, -0.2) is 4.39 Å². The summed E-state index contributed by atoms with van der Waals surface area (Å²) < 4.78 is 13.6. The number of nitrogens with zero attached hydrogens (tertiary/aromatic N) is 1. The number of benzene rings is 1. The second-order valence-electron chi connectivity index (χ2n) is 3.54. The van der Waals surface area contributed by atoms with Crippen LogP contribution in [0.4, 0.5) is 4.39 Å². The molecule has 2 rings (SSSR count). The van der Waals surface area contributed by atoms with Crippen molar-refractivity contribution < 1.29 is 4.39 Å². The zero-order chi connectivity index (χ0) is 11.4. The molecule has 0 N–H and O–H groups in total. The average molecular weight is 300 g/mol. The van der Waals surface area contributed by atoms with Crippen LogP contribution in [0.25, 0.3) is 0 Å². The summed E-state index contributed by atoms with van der Waals surface area (Å²) in [5.41, 5.74) is 2.58. The van der Waals surface area contributed by atoms with Crippen LogP contribution in [-0.2, 0) is 6.42 Å². The Kier molecular flexibility index (Phi) is 4.07. The molecule has 84 valence electrons. The standard InChI is InChI=1S/C12H11BrFNS/c13-6-9(5-10-7-15-8-16-10)11-3-1-2-4-12(11)14/h1-4,7-9H,5-6H2. The fraction of sp³-hybridized carbons (Fsp3) is 0.250. The van der Waals surface area contributed by atoms with E-state index in [0.717, 1.165) is 17.3 Å². The molecule has 0 amide bonds. The van der Waals surface area contributed by atoms with E-state index in [1.165, 1.54) is 10.9 Å². The van der Waals surface area contributed by atoms with Crippen LogP contribution in [0.3, 0.4) is 0 Å². The van der Waals surface area contributed by atoms with Crippen molar-refractivity contribution in [2.45, 2.75) is 12.3 Å². The van der Waals surface area contributed by atoms with Crippen LogP contribution in [0.5, 0.6) is 0 Å². The van der Waals surface area contributed by atoms with Gasteiger partial charge in [0.2, 0.25) is 0 Å². The first-order chi connectivity index (χ1) is 7.81. The lowest BCUT2D eigenvalue weighted by atomic mass is 9.97. The van der Waals surface area contributed by atoms with Crippen LogP contribution in [0.2, 0.25) is 0 Å². The number of hydrogen-bond donors (Lipinski definition) is 0. The molecule has 0 spiro atoms. The van der Waals surface area contributed by atoms with E-state index in [2.05, 4.69) is 20.9 Å². The molecule has 0 aliphatic rings. The molecule has 0 aliphatic carbocycles. The van der Waals surface area contributed by atoms with Crippen LogP contribution in [-0.4, -0.2) is 10.3 Å². The number of aromatic nitrogens is 1. The van der Waals surface area contributed by atoms with Gasteiger partial charge >= 0.3 is 0 Å². The third kappa shape index (κ3) is 2.68. The number of thiazole rings is 1. The molecule has 0 saturated carbocycles. The Morgan fingerprint density at radius 2 is 2.19 bits per heavy atom. The highest BCUT2D eigenvalue weighted by Crippen LogP contribution is 2.26. The second-order valence-corrected chi connectivity index (χ2v) is 5.16. The summed E-state index contributed by atoms with van der Waals surface area (Å²) in [6.07, 6.45) is 2.68. The minimum atomic E-state index is -0.128. The minimum absolute atomic E-state index is 0.128. The first kappa shape index (κ1) is 11.7. The highest BCUT2D eigenvalue weighted by atomic mass is 79.9. The molecule has 0 radical (unpaired) electrons. The first-order valence-corrected chi connectivity index (χ1v) is 6.99. The predicted molar refractivity (Wildman–Crippen MR) is 68.8 cm³/mol. The summed E-state index contributed by atoms with van der Waals surface area (Å²) in [6, 6.07) is 6.96. The van der Waals surface area contributed by atoms with Crippen LogP contribution in [0, 0.1) is 5.82 Å². The summed E-state index contributed by atoms with van der Waals surface area (Å²) >= 11 is 5.06. The predicted octanol–water partition coefficient (Wildman–Crippen LogP) is 4.00. The van der Waals surface area contributed by atoms with Crippen LogP contribution < -0.4 is 0 Å². The Morgan fingerprint density at radius 1 is 1.38 bits per heavy atom. The smallest absolute Gasteiger partial charge is 0.126 e. The van der Waals surface area contributed by atoms with Gasteiger partial charge in [0.25, 0.3) is 0 Å². The van der Waals surface area contributed by atoms with Gasteiger partial charge in [-0.2, -0.15) is 0 Å². The van der Waals surface area contributed by atoms with Crippen LogP contribution in [0.1, 0.15) is 16.4 Å². The molecular weight excluding hydrogens is 289 g/mol. The fourth-order valence-electron chi connectivity index (χ4n) is 1.64. The molecule has 4 heteroatoms. The summed E-state index contributed by atoms with van der Waals surface area (Å²) in [5.74, 6) is 0.0399. The van der Waals surface area contributed by atoms with E-state index in [-0.39, 0.29) is 11.7 Å². The molecule has 0 fully saturated rings. The lowest BCUT2D eigenvalue weighted by Gasteiger charge is -2.13. The average Bonchev–Trinajstić information content (AvgIpc) is 2.80. The van der Waals surface area contributed by atoms with Gasteiger partial charge in [-0.05, 0) is 18.1 Å². The quantitative estimate of drug-likeness (QED) is 0.778. The number of alkyl halides is 1. The number of hydrogen-bond acceptors (Lipinski definition) is 2. The van der Waals surface area contributed by atoms with Crippen LogP contribution >= 0.6 is 27.3 Å². The van der Waals surface area contributed by atoms with Crippen molar-refractivity contribution in [2.24, 2.45) is 0 Å². The van der Waals surface area contributed by atoms with Crippen molar-refractivity contribution in [2.75, 3.05) is 5.33 Å². The molecule has 1 nitrogen and oxygen atoms in total. The highest BCUT2D eigenvalue weighted by Gasteiger charge is 2.15. The van der Waals surface area contributed by atoms with E-state index in [1.54, 1.807) is 17.4 Å². The summed E-state index contributed by atoms with van der Waals surface area (Å²) in [5, 5.41) is 0.756. The molecule has 1 aromatic heterocycles. The van der Waals surface area contributed by atoms with Gasteiger partial charge in [-0.15, -0.1) is 11.3 Å². The van der Waals surface area contributed by atoms with Crippen molar-refractivity contribution in [1.82, 2.24) is 4.98 Å². The lowest BCUT2D eigenvalue weighted by Crippen LogP contribution is -2.05. The largest absolute Gasteiger partial charge is 0.253 e. The van der Waals surface area contributed by atoms with E-state index < -0.39 is 0 Å². The Hall–Kier alpha value is -0.740. The van der Waals surface area contributed by atoms with E-state index >= 15 is 0 Å². The fourth-order valence-corrected chi connectivity index (χ4v) is 2.89. The van der Waals surface area contributed by atoms with Crippen molar-refractivity contribution in [3.8, 4) is 0 Å². The Morgan fingerprint density at radius 3 is 2.81 bits per heavy atom. The van der Waals surface area contributed by atoms with Gasteiger partial charge in [0.1, 0.15) is 5.82 Å². The summed E-state index contributed by atoms with van der Waals surface area (Å²) in [6.45, 7) is 0. The summed E-state index contributed by atoms with van der Waals surface area (Å²) in [7, 11) is 0. The number of halogens is 2. The molecule has 0 saturated heterocycles. The maximum Gasteiger partial charge on any atom is 0.126 e. The van der Waals surface area contributed by atoms with Crippen LogP contribution in [0.15, 0.2) is 36.0 Å². The van der Waals surface area contributed by atoms with Crippen molar-refractivity contribution in [1.29, 1.82) is 0 Å². The van der Waals surface area contributed by atoms with Crippen molar-refractivity contribution >= 4 is 27.3 Å². The molecule has 1 unspecified atom stereocenters. The zero-order valence-electron chi connectivity index (χ0n) is 8.57. The van der Waals surface area contributed by atoms with E-state index in [1.807, 2.05) is 23.8 Å². The molecule has 1 atom stereocenters. The first-order valence-electron chi connectivity index (χ1n) is 4.99. The Labute approximate surface area is 106 Å². The minimum Gasteiger partial charge on any atom is -0.253 e. The van der Waals surface area contributed by atoms with Gasteiger partial charge in [-0.3, -0.25) is 4.98 Å². The molecule has 0 bridgehead atoms. The van der Waals surface area contributed by atoms with Gasteiger partial charge in [0.05, 0.1) is 5.51 Å². The molecule has 16 heavy (non-hydrogen) atoms. The van der Waals surface area contributed by atoms with Gasteiger partial charge in [-0.1, -0.05) is 34.1 Å². The highest BCUT2D eigenvalue weighted by molar-refractivity contribution is 9.09. The maximum atomic E-state index is 13.6.